The van der Waals surface area contributed by atoms with Crippen LogP contribution in [-0.4, -0.2) is 29.2 Å². The lowest BCUT2D eigenvalue weighted by atomic mass is 10.2. The average Bonchev–Trinajstić information content (AvgIpc) is 3.09. The Morgan fingerprint density at radius 1 is 1.19 bits per heavy atom. The van der Waals surface area contributed by atoms with Crippen molar-refractivity contribution < 1.29 is 14.3 Å². The average molecular weight is 371 g/mol. The maximum absolute atomic E-state index is 12.2. The van der Waals surface area contributed by atoms with E-state index in [1.54, 1.807) is 12.3 Å². The number of nitrogens with zero attached hydrogens (tertiary/aromatic N) is 2. The fourth-order valence-corrected chi connectivity index (χ4v) is 3.31. The minimum absolute atomic E-state index is 0.326. The van der Waals surface area contributed by atoms with E-state index < -0.39 is 0 Å². The number of benzene rings is 1. The van der Waals surface area contributed by atoms with Crippen LogP contribution in [0.15, 0.2) is 36.0 Å². The molecule has 0 aliphatic rings. The van der Waals surface area contributed by atoms with E-state index in [4.69, 9.17) is 9.47 Å². The Hall–Kier alpha value is -2.67. The summed E-state index contributed by atoms with van der Waals surface area (Å²) in [5, 5.41) is 5.69. The molecule has 0 amide bonds. The van der Waals surface area contributed by atoms with E-state index in [1.807, 2.05) is 24.3 Å². The molecule has 1 N–H and O–H groups in total. The summed E-state index contributed by atoms with van der Waals surface area (Å²) < 4.78 is 10.8. The molecule has 1 aromatic carbocycles. The van der Waals surface area contributed by atoms with Crippen molar-refractivity contribution in [1.82, 2.24) is 9.97 Å². The second kappa shape index (κ2) is 8.62. The normalized spacial score (nSPS) is 10.7. The van der Waals surface area contributed by atoms with Gasteiger partial charge in [-0.3, -0.25) is 0 Å². The third-order valence-corrected chi connectivity index (χ3v) is 4.64. The number of hydrogen-bond acceptors (Lipinski definition) is 7. The Bertz CT molecular complexity index is 877. The van der Waals surface area contributed by atoms with Crippen LogP contribution >= 0.6 is 11.3 Å². The molecule has 0 bridgehead atoms. The molecule has 2 heterocycles. The van der Waals surface area contributed by atoms with Gasteiger partial charge in [0.15, 0.2) is 0 Å². The standard InChI is InChI=1S/C19H21N3O3S/c1-3-5-10-25-14-8-6-13(7-9-14)22-17-16-15(19(23)24-4-2)11-26-18(16)21-12-20-17/h6-9,11-12H,3-5,10H2,1-2H3,(H,20,21,22). The second-order valence-corrected chi connectivity index (χ2v) is 6.48. The first-order valence-electron chi connectivity index (χ1n) is 8.62. The highest BCUT2D eigenvalue weighted by atomic mass is 32.1. The van der Waals surface area contributed by atoms with Crippen LogP contribution in [-0.2, 0) is 4.74 Å². The first kappa shape index (κ1) is 18.1. The van der Waals surface area contributed by atoms with Gasteiger partial charge in [0.05, 0.1) is 24.2 Å². The molecule has 6 nitrogen and oxygen atoms in total. The Morgan fingerprint density at radius 3 is 2.73 bits per heavy atom. The molecular formula is C19H21N3O3S. The number of hydrogen-bond donors (Lipinski definition) is 1. The number of thiophene rings is 1. The van der Waals surface area contributed by atoms with Gasteiger partial charge in [-0.15, -0.1) is 11.3 Å². The number of carbonyl (C=O) groups excluding carboxylic acids is 1. The van der Waals surface area contributed by atoms with Crippen molar-refractivity contribution in [3.8, 4) is 5.75 Å². The van der Waals surface area contributed by atoms with Gasteiger partial charge in [0.2, 0.25) is 0 Å². The molecule has 0 radical (unpaired) electrons. The quantitative estimate of drug-likeness (QED) is 0.453. The number of esters is 1. The van der Waals surface area contributed by atoms with Gasteiger partial charge < -0.3 is 14.8 Å². The molecule has 7 heteroatoms. The molecule has 0 saturated heterocycles. The minimum Gasteiger partial charge on any atom is -0.494 e. The number of ether oxygens (including phenoxy) is 2. The lowest BCUT2D eigenvalue weighted by Crippen LogP contribution is -2.05. The highest BCUT2D eigenvalue weighted by molar-refractivity contribution is 7.17. The third kappa shape index (κ3) is 4.11. The number of nitrogens with one attached hydrogen (secondary N) is 1. The molecule has 0 aliphatic carbocycles. The van der Waals surface area contributed by atoms with Gasteiger partial charge in [-0.2, -0.15) is 0 Å². The summed E-state index contributed by atoms with van der Waals surface area (Å²) in [7, 11) is 0. The van der Waals surface area contributed by atoms with Gasteiger partial charge in [0, 0.05) is 11.1 Å². The minimum atomic E-state index is -0.365. The van der Waals surface area contributed by atoms with Crippen molar-refractivity contribution in [2.75, 3.05) is 18.5 Å². The van der Waals surface area contributed by atoms with E-state index in [9.17, 15) is 4.79 Å². The van der Waals surface area contributed by atoms with Crippen LogP contribution in [0.5, 0.6) is 5.75 Å². The summed E-state index contributed by atoms with van der Waals surface area (Å²) in [4.78, 5) is 21.5. The molecule has 0 spiro atoms. The fraction of sp³-hybridized carbons (Fsp3) is 0.316. The number of rotatable bonds is 8. The van der Waals surface area contributed by atoms with Crippen LogP contribution in [0, 0.1) is 0 Å². The number of fused-ring (bicyclic) bond motifs is 1. The zero-order chi connectivity index (χ0) is 18.4. The molecule has 136 valence electrons. The lowest BCUT2D eigenvalue weighted by molar-refractivity contribution is 0.0529. The zero-order valence-corrected chi connectivity index (χ0v) is 15.6. The fourth-order valence-electron chi connectivity index (χ4n) is 2.43. The monoisotopic (exact) mass is 371 g/mol. The van der Waals surface area contributed by atoms with Crippen molar-refractivity contribution in [3.05, 3.63) is 41.5 Å². The van der Waals surface area contributed by atoms with Gasteiger partial charge in [-0.1, -0.05) is 13.3 Å². The van der Waals surface area contributed by atoms with Crippen LogP contribution < -0.4 is 10.1 Å². The highest BCUT2D eigenvalue weighted by Gasteiger charge is 2.18. The summed E-state index contributed by atoms with van der Waals surface area (Å²) >= 11 is 1.39. The summed E-state index contributed by atoms with van der Waals surface area (Å²) in [5.41, 5.74) is 1.34. The predicted molar refractivity (Wildman–Crippen MR) is 103 cm³/mol. The highest BCUT2D eigenvalue weighted by Crippen LogP contribution is 2.31. The topological polar surface area (TPSA) is 73.3 Å². The van der Waals surface area contributed by atoms with Crippen molar-refractivity contribution >= 4 is 39.0 Å². The molecule has 0 aliphatic heterocycles. The van der Waals surface area contributed by atoms with Crippen molar-refractivity contribution in [1.29, 1.82) is 0 Å². The largest absolute Gasteiger partial charge is 0.494 e. The van der Waals surface area contributed by atoms with Crippen LogP contribution in [0.1, 0.15) is 37.0 Å². The first-order valence-corrected chi connectivity index (χ1v) is 9.50. The molecule has 3 rings (SSSR count). The van der Waals surface area contributed by atoms with Crippen LogP contribution in [0.2, 0.25) is 0 Å². The Labute approximate surface area is 156 Å². The van der Waals surface area contributed by atoms with E-state index >= 15 is 0 Å². The van der Waals surface area contributed by atoms with Crippen molar-refractivity contribution in [3.63, 3.8) is 0 Å². The number of carbonyl (C=O) groups is 1. The Morgan fingerprint density at radius 2 is 2.00 bits per heavy atom. The van der Waals surface area contributed by atoms with Gasteiger partial charge in [-0.25, -0.2) is 14.8 Å². The SMILES string of the molecule is CCCCOc1ccc(Nc2ncnc3scc(C(=O)OCC)c23)cc1. The maximum Gasteiger partial charge on any atom is 0.339 e. The first-order chi connectivity index (χ1) is 12.7. The lowest BCUT2D eigenvalue weighted by Gasteiger charge is -2.10. The van der Waals surface area contributed by atoms with Crippen LogP contribution in [0.4, 0.5) is 11.5 Å². The van der Waals surface area contributed by atoms with Crippen LogP contribution in [0.25, 0.3) is 10.2 Å². The number of unbranched alkanes of at least 4 members (excludes halogenated alkanes) is 1. The van der Waals surface area contributed by atoms with Crippen molar-refractivity contribution in [2.45, 2.75) is 26.7 Å². The smallest absolute Gasteiger partial charge is 0.339 e. The summed E-state index contributed by atoms with van der Waals surface area (Å²) in [6.45, 7) is 4.96. The van der Waals surface area contributed by atoms with E-state index in [-0.39, 0.29) is 5.97 Å². The van der Waals surface area contributed by atoms with E-state index in [0.717, 1.165) is 29.1 Å². The van der Waals surface area contributed by atoms with Gasteiger partial charge >= 0.3 is 5.97 Å². The molecule has 0 fully saturated rings. The number of anilines is 2. The molecule has 2 aromatic heterocycles. The Balaban J connectivity index is 1.82. The van der Waals surface area contributed by atoms with E-state index in [2.05, 4.69) is 22.2 Å². The molecular weight excluding hydrogens is 350 g/mol. The predicted octanol–water partition coefficient (Wildman–Crippen LogP) is 4.79. The summed E-state index contributed by atoms with van der Waals surface area (Å²) in [6.07, 6.45) is 3.62. The summed E-state index contributed by atoms with van der Waals surface area (Å²) in [5.74, 6) is 1.05. The number of aromatic nitrogens is 2. The molecule has 0 atom stereocenters. The van der Waals surface area contributed by atoms with Gasteiger partial charge in [0.1, 0.15) is 22.7 Å². The van der Waals surface area contributed by atoms with E-state index in [0.29, 0.717) is 30.0 Å². The second-order valence-electron chi connectivity index (χ2n) is 5.62. The Kier molecular flexibility index (Phi) is 6.01. The molecule has 26 heavy (non-hydrogen) atoms. The maximum atomic E-state index is 12.2. The van der Waals surface area contributed by atoms with Crippen molar-refractivity contribution in [2.24, 2.45) is 0 Å². The van der Waals surface area contributed by atoms with Crippen LogP contribution in [0.3, 0.4) is 0 Å². The third-order valence-electron chi connectivity index (χ3n) is 3.75. The molecule has 3 aromatic rings. The van der Waals surface area contributed by atoms with Gasteiger partial charge in [-0.05, 0) is 37.6 Å². The van der Waals surface area contributed by atoms with E-state index in [1.165, 1.54) is 17.7 Å². The summed E-state index contributed by atoms with van der Waals surface area (Å²) in [6, 6.07) is 7.67. The zero-order valence-electron chi connectivity index (χ0n) is 14.8. The van der Waals surface area contributed by atoms with Gasteiger partial charge in [0.25, 0.3) is 0 Å². The molecule has 0 unspecified atom stereocenters. The molecule has 0 saturated carbocycles.